The highest BCUT2D eigenvalue weighted by molar-refractivity contribution is 8.13. The predicted octanol–water partition coefficient (Wildman–Crippen LogP) is 6.70. The van der Waals surface area contributed by atoms with Crippen molar-refractivity contribution in [3.63, 3.8) is 0 Å². The van der Waals surface area contributed by atoms with E-state index in [1.807, 2.05) is 36.6 Å². The number of carbonyl (C=O) groups is 1. The average molecular weight is 449 g/mol. The minimum absolute atomic E-state index is 0.129. The molecule has 0 radical (unpaired) electrons. The van der Waals surface area contributed by atoms with E-state index in [0.29, 0.717) is 10.9 Å². The Labute approximate surface area is 195 Å². The number of benzene rings is 5. The van der Waals surface area contributed by atoms with Gasteiger partial charge in [-0.3, -0.25) is 9.69 Å². The molecule has 1 aliphatic heterocycles. The van der Waals surface area contributed by atoms with Gasteiger partial charge in [0.25, 0.3) is 5.91 Å². The molecule has 0 spiro atoms. The number of thioether (sulfide) groups is 1. The number of rotatable bonds is 3. The number of aliphatic imine (C=N–C) groups is 1. The zero-order chi connectivity index (χ0) is 22.5. The van der Waals surface area contributed by atoms with Crippen LogP contribution in [0.25, 0.3) is 38.4 Å². The van der Waals surface area contributed by atoms with E-state index < -0.39 is 0 Å². The summed E-state index contributed by atoms with van der Waals surface area (Å²) in [6.07, 6.45) is 3.84. The van der Waals surface area contributed by atoms with Gasteiger partial charge in [-0.05, 0) is 74.5 Å². The maximum absolute atomic E-state index is 13.4. The molecule has 1 heterocycles. The lowest BCUT2D eigenvalue weighted by Crippen LogP contribution is -2.29. The number of nitrogens with zero attached hydrogens (tertiary/aromatic N) is 2. The Morgan fingerprint density at radius 3 is 2.21 bits per heavy atom. The fourth-order valence-electron chi connectivity index (χ4n) is 4.62. The number of carbonyl (C=O) groups excluding carboxylic acids is 1. The van der Waals surface area contributed by atoms with Crippen molar-refractivity contribution in [2.45, 2.75) is 0 Å². The number of amides is 1. The highest BCUT2D eigenvalue weighted by atomic mass is 32.2. The number of methoxy groups -OCH3 is 1. The summed E-state index contributed by atoms with van der Waals surface area (Å²) in [5.74, 6) is 0.618. The van der Waals surface area contributed by atoms with E-state index in [2.05, 4.69) is 59.6 Å². The standard InChI is InChI=1S/C28H20N2O2S/c1-32-22-13-11-21(12-14-22)30-27(31)24(29-28(30)33-2)16-20-9-8-19-7-6-17-4-3-5-18-10-15-23(20)26(19)25(17)18/h3-16H,1-2H3/b24-16-. The highest BCUT2D eigenvalue weighted by Crippen LogP contribution is 2.37. The summed E-state index contributed by atoms with van der Waals surface area (Å²) in [5, 5.41) is 7.92. The zero-order valence-electron chi connectivity index (χ0n) is 18.2. The van der Waals surface area contributed by atoms with Crippen molar-refractivity contribution in [3.05, 3.63) is 90.1 Å². The zero-order valence-corrected chi connectivity index (χ0v) is 19.0. The van der Waals surface area contributed by atoms with Crippen LogP contribution in [0.1, 0.15) is 5.56 Å². The molecule has 0 saturated heterocycles. The Bertz CT molecular complexity index is 1590. The Morgan fingerprint density at radius 1 is 0.848 bits per heavy atom. The molecule has 33 heavy (non-hydrogen) atoms. The van der Waals surface area contributed by atoms with E-state index in [1.165, 1.54) is 38.7 Å². The monoisotopic (exact) mass is 448 g/mol. The van der Waals surface area contributed by atoms with Crippen molar-refractivity contribution < 1.29 is 9.53 Å². The van der Waals surface area contributed by atoms with Crippen molar-refractivity contribution >= 4 is 66.9 Å². The summed E-state index contributed by atoms with van der Waals surface area (Å²) in [6.45, 7) is 0. The molecule has 0 fully saturated rings. The minimum atomic E-state index is -0.129. The summed E-state index contributed by atoms with van der Waals surface area (Å²) < 4.78 is 5.25. The SMILES string of the molecule is COc1ccc(N2C(=O)/C(=C/c3ccc4ccc5cccc6ccc3c4c56)N=C2SC)cc1. The predicted molar refractivity (Wildman–Crippen MR) is 140 cm³/mol. The molecule has 6 rings (SSSR count). The fourth-order valence-corrected chi connectivity index (χ4v) is 5.18. The third-order valence-electron chi connectivity index (χ3n) is 6.20. The second kappa shape index (κ2) is 7.64. The van der Waals surface area contributed by atoms with Gasteiger partial charge < -0.3 is 4.74 Å². The van der Waals surface area contributed by atoms with Gasteiger partial charge in [0.05, 0.1) is 12.8 Å². The van der Waals surface area contributed by atoms with E-state index in [1.54, 1.807) is 12.0 Å². The Morgan fingerprint density at radius 2 is 1.52 bits per heavy atom. The number of ether oxygens (including phenoxy) is 1. The minimum Gasteiger partial charge on any atom is -0.497 e. The first-order valence-corrected chi connectivity index (χ1v) is 11.9. The molecule has 0 aromatic heterocycles. The normalized spacial score (nSPS) is 15.3. The molecular formula is C28H20N2O2S. The van der Waals surface area contributed by atoms with Crippen LogP contribution in [0.5, 0.6) is 5.75 Å². The maximum atomic E-state index is 13.4. The van der Waals surface area contributed by atoms with Crippen LogP contribution in [0.15, 0.2) is 89.6 Å². The number of amidine groups is 1. The molecule has 0 N–H and O–H groups in total. The Kier molecular flexibility index (Phi) is 4.59. The van der Waals surface area contributed by atoms with E-state index in [-0.39, 0.29) is 5.91 Å². The third-order valence-corrected chi connectivity index (χ3v) is 6.84. The third kappa shape index (κ3) is 3.08. The Balaban J connectivity index is 1.49. The first-order chi connectivity index (χ1) is 16.2. The second-order valence-electron chi connectivity index (χ2n) is 7.98. The topological polar surface area (TPSA) is 41.9 Å². The van der Waals surface area contributed by atoms with E-state index in [0.717, 1.165) is 22.4 Å². The summed E-state index contributed by atoms with van der Waals surface area (Å²) in [7, 11) is 1.63. The molecule has 0 bridgehead atoms. The smallest absolute Gasteiger partial charge is 0.283 e. The van der Waals surface area contributed by atoms with Crippen LogP contribution >= 0.6 is 11.8 Å². The van der Waals surface area contributed by atoms with Crippen molar-refractivity contribution in [2.75, 3.05) is 18.3 Å². The summed E-state index contributed by atoms with van der Waals surface area (Å²) in [5.41, 5.74) is 2.20. The van der Waals surface area contributed by atoms with Gasteiger partial charge in [-0.1, -0.05) is 66.4 Å². The number of anilines is 1. The van der Waals surface area contributed by atoms with Gasteiger partial charge in [0.1, 0.15) is 11.4 Å². The molecule has 5 aromatic rings. The lowest BCUT2D eigenvalue weighted by molar-refractivity contribution is -0.113. The first-order valence-electron chi connectivity index (χ1n) is 10.7. The van der Waals surface area contributed by atoms with Crippen molar-refractivity contribution in [1.82, 2.24) is 0 Å². The van der Waals surface area contributed by atoms with Crippen LogP contribution in [0.4, 0.5) is 5.69 Å². The van der Waals surface area contributed by atoms with Gasteiger partial charge in [-0.2, -0.15) is 0 Å². The van der Waals surface area contributed by atoms with Crippen LogP contribution < -0.4 is 9.64 Å². The molecule has 160 valence electrons. The maximum Gasteiger partial charge on any atom is 0.283 e. The Hall–Kier alpha value is -3.83. The van der Waals surface area contributed by atoms with Crippen molar-refractivity contribution in [2.24, 2.45) is 4.99 Å². The molecule has 1 amide bonds. The van der Waals surface area contributed by atoms with E-state index >= 15 is 0 Å². The van der Waals surface area contributed by atoms with Gasteiger partial charge in [0.15, 0.2) is 5.17 Å². The highest BCUT2D eigenvalue weighted by Gasteiger charge is 2.31. The van der Waals surface area contributed by atoms with Gasteiger partial charge in [0.2, 0.25) is 0 Å². The van der Waals surface area contributed by atoms with Crippen LogP contribution in [-0.2, 0) is 4.79 Å². The van der Waals surface area contributed by atoms with Crippen LogP contribution in [0, 0.1) is 0 Å². The summed E-state index contributed by atoms with van der Waals surface area (Å²) in [6, 6.07) is 26.7. The number of hydrogen-bond acceptors (Lipinski definition) is 4. The molecule has 5 aromatic carbocycles. The summed E-state index contributed by atoms with van der Waals surface area (Å²) in [4.78, 5) is 19.7. The molecule has 0 saturated carbocycles. The average Bonchev–Trinajstić information content (AvgIpc) is 3.18. The fraction of sp³-hybridized carbons (Fsp3) is 0.0714. The molecule has 0 unspecified atom stereocenters. The van der Waals surface area contributed by atoms with Crippen LogP contribution in [0.3, 0.4) is 0 Å². The van der Waals surface area contributed by atoms with Gasteiger partial charge in [-0.15, -0.1) is 0 Å². The lowest BCUT2D eigenvalue weighted by atomic mass is 9.92. The van der Waals surface area contributed by atoms with Gasteiger partial charge >= 0.3 is 0 Å². The van der Waals surface area contributed by atoms with E-state index in [4.69, 9.17) is 4.74 Å². The second-order valence-corrected chi connectivity index (χ2v) is 8.75. The van der Waals surface area contributed by atoms with Gasteiger partial charge in [0, 0.05) is 0 Å². The molecular weight excluding hydrogens is 428 g/mol. The lowest BCUT2D eigenvalue weighted by Gasteiger charge is -2.17. The molecule has 4 nitrogen and oxygen atoms in total. The van der Waals surface area contributed by atoms with Crippen LogP contribution in [0.2, 0.25) is 0 Å². The summed E-state index contributed by atoms with van der Waals surface area (Å²) >= 11 is 1.46. The molecule has 1 aliphatic rings. The van der Waals surface area contributed by atoms with Gasteiger partial charge in [-0.25, -0.2) is 4.99 Å². The quantitative estimate of drug-likeness (QED) is 0.228. The molecule has 5 heteroatoms. The largest absolute Gasteiger partial charge is 0.497 e. The first kappa shape index (κ1) is 19.8. The molecule has 0 atom stereocenters. The van der Waals surface area contributed by atoms with Crippen LogP contribution in [-0.4, -0.2) is 24.4 Å². The molecule has 0 aliphatic carbocycles. The van der Waals surface area contributed by atoms with Crippen molar-refractivity contribution in [1.29, 1.82) is 0 Å². The van der Waals surface area contributed by atoms with E-state index in [9.17, 15) is 4.79 Å². The number of hydrogen-bond donors (Lipinski definition) is 0. The van der Waals surface area contributed by atoms with Crippen molar-refractivity contribution in [3.8, 4) is 5.75 Å².